The van der Waals surface area contributed by atoms with Crippen LogP contribution < -0.4 is 11.1 Å². The fourth-order valence-corrected chi connectivity index (χ4v) is 3.03. The Morgan fingerprint density at radius 1 is 1.17 bits per heavy atom. The Balaban J connectivity index is 1.49. The predicted octanol–water partition coefficient (Wildman–Crippen LogP) is 1.41. The van der Waals surface area contributed by atoms with Crippen LogP contribution in [0.15, 0.2) is 47.1 Å². The van der Waals surface area contributed by atoms with Gasteiger partial charge in [-0.3, -0.25) is 14.4 Å². The topological polar surface area (TPSA) is 132 Å². The molecule has 9 nitrogen and oxygen atoms in total. The molecular weight excluding hydrogens is 378 g/mol. The van der Waals surface area contributed by atoms with Crippen molar-refractivity contribution >= 4 is 29.4 Å². The minimum Gasteiger partial charge on any atom is -0.459 e. The zero-order chi connectivity index (χ0) is 20.8. The highest BCUT2D eigenvalue weighted by molar-refractivity contribution is 6.02. The van der Waals surface area contributed by atoms with Crippen LogP contribution in [-0.2, 0) is 14.3 Å². The standard InChI is InChI=1S/C20H21N3O6/c21-18(25)14-3-1-9-23(11-14)17(24)12-29-20(27)13-5-7-15(8-6-13)22-19(26)16-4-2-10-28-16/h2,4-8,10,14H,1,3,9,11-12H2,(H2,21,25)(H,22,26)/t14-/m0/s1. The van der Waals surface area contributed by atoms with Crippen molar-refractivity contribution in [3.05, 3.63) is 54.0 Å². The van der Waals surface area contributed by atoms with E-state index in [-0.39, 0.29) is 29.7 Å². The van der Waals surface area contributed by atoms with Gasteiger partial charge in [0.15, 0.2) is 12.4 Å². The fourth-order valence-electron chi connectivity index (χ4n) is 3.03. The van der Waals surface area contributed by atoms with Gasteiger partial charge in [0, 0.05) is 18.8 Å². The molecule has 3 rings (SSSR count). The Labute approximate surface area is 166 Å². The molecule has 1 aliphatic rings. The Morgan fingerprint density at radius 2 is 1.93 bits per heavy atom. The van der Waals surface area contributed by atoms with E-state index in [0.717, 1.165) is 0 Å². The Morgan fingerprint density at radius 3 is 2.59 bits per heavy atom. The van der Waals surface area contributed by atoms with Crippen molar-refractivity contribution in [2.75, 3.05) is 25.0 Å². The fraction of sp³-hybridized carbons (Fsp3) is 0.300. The number of rotatable bonds is 6. The molecule has 3 N–H and O–H groups in total. The number of carbonyl (C=O) groups excluding carboxylic acids is 4. The van der Waals surface area contributed by atoms with E-state index in [1.54, 1.807) is 18.2 Å². The van der Waals surface area contributed by atoms with Gasteiger partial charge in [-0.15, -0.1) is 0 Å². The summed E-state index contributed by atoms with van der Waals surface area (Å²) in [4.78, 5) is 49.1. The zero-order valence-electron chi connectivity index (χ0n) is 15.6. The second-order valence-electron chi connectivity index (χ2n) is 6.67. The summed E-state index contributed by atoms with van der Waals surface area (Å²) in [7, 11) is 0. The summed E-state index contributed by atoms with van der Waals surface area (Å²) in [6.07, 6.45) is 2.73. The molecule has 1 aromatic carbocycles. The van der Waals surface area contributed by atoms with Gasteiger partial charge in [0.05, 0.1) is 17.7 Å². The smallest absolute Gasteiger partial charge is 0.338 e. The number of primary amides is 1. The summed E-state index contributed by atoms with van der Waals surface area (Å²) in [5, 5.41) is 2.63. The first-order valence-electron chi connectivity index (χ1n) is 9.13. The normalized spacial score (nSPS) is 16.1. The molecule has 0 spiro atoms. The van der Waals surface area contributed by atoms with E-state index >= 15 is 0 Å². The maximum Gasteiger partial charge on any atom is 0.338 e. The van der Waals surface area contributed by atoms with Crippen molar-refractivity contribution < 1.29 is 28.3 Å². The number of hydrogen-bond acceptors (Lipinski definition) is 6. The molecule has 2 heterocycles. The molecule has 0 saturated carbocycles. The monoisotopic (exact) mass is 399 g/mol. The number of anilines is 1. The predicted molar refractivity (Wildman–Crippen MR) is 102 cm³/mol. The third-order valence-corrected chi connectivity index (χ3v) is 4.63. The molecule has 0 radical (unpaired) electrons. The van der Waals surface area contributed by atoms with Crippen molar-refractivity contribution in [2.24, 2.45) is 11.7 Å². The van der Waals surface area contributed by atoms with Crippen LogP contribution in [0, 0.1) is 5.92 Å². The average molecular weight is 399 g/mol. The van der Waals surface area contributed by atoms with Gasteiger partial charge < -0.3 is 25.1 Å². The number of nitrogens with zero attached hydrogens (tertiary/aromatic N) is 1. The maximum atomic E-state index is 12.2. The van der Waals surface area contributed by atoms with Crippen LogP contribution in [0.2, 0.25) is 0 Å². The van der Waals surface area contributed by atoms with Gasteiger partial charge in [-0.05, 0) is 49.2 Å². The second-order valence-corrected chi connectivity index (χ2v) is 6.67. The number of nitrogens with one attached hydrogen (secondary N) is 1. The molecule has 152 valence electrons. The van der Waals surface area contributed by atoms with Gasteiger partial charge in [-0.25, -0.2) is 4.79 Å². The van der Waals surface area contributed by atoms with Crippen LogP contribution >= 0.6 is 0 Å². The third-order valence-electron chi connectivity index (χ3n) is 4.63. The highest BCUT2D eigenvalue weighted by atomic mass is 16.5. The lowest BCUT2D eigenvalue weighted by atomic mass is 9.97. The van der Waals surface area contributed by atoms with Crippen LogP contribution in [-0.4, -0.2) is 48.3 Å². The van der Waals surface area contributed by atoms with E-state index in [4.69, 9.17) is 14.9 Å². The van der Waals surface area contributed by atoms with Gasteiger partial charge >= 0.3 is 5.97 Å². The van der Waals surface area contributed by atoms with Gasteiger partial charge in [0.25, 0.3) is 11.8 Å². The van der Waals surface area contributed by atoms with E-state index < -0.39 is 24.4 Å². The summed E-state index contributed by atoms with van der Waals surface area (Å²) in [6, 6.07) is 9.19. The summed E-state index contributed by atoms with van der Waals surface area (Å²) < 4.78 is 10.1. The van der Waals surface area contributed by atoms with Crippen molar-refractivity contribution in [1.29, 1.82) is 0 Å². The highest BCUT2D eigenvalue weighted by Crippen LogP contribution is 2.17. The summed E-state index contributed by atoms with van der Waals surface area (Å²) in [5.74, 6) is -2.07. The molecule has 9 heteroatoms. The van der Waals surface area contributed by atoms with Gasteiger partial charge in [-0.1, -0.05) is 0 Å². The largest absolute Gasteiger partial charge is 0.459 e. The average Bonchev–Trinajstić information content (AvgIpc) is 3.27. The Kier molecular flexibility index (Phi) is 6.28. The highest BCUT2D eigenvalue weighted by Gasteiger charge is 2.27. The number of likely N-dealkylation sites (tertiary alicyclic amines) is 1. The number of ether oxygens (including phenoxy) is 1. The molecule has 1 saturated heterocycles. The van der Waals surface area contributed by atoms with Gasteiger partial charge in [0.2, 0.25) is 5.91 Å². The molecule has 0 aliphatic carbocycles. The lowest BCUT2D eigenvalue weighted by Crippen LogP contribution is -2.45. The van der Waals surface area contributed by atoms with Crippen LogP contribution in [0.4, 0.5) is 5.69 Å². The third kappa shape index (κ3) is 5.22. The minimum absolute atomic E-state index is 0.170. The lowest BCUT2D eigenvalue weighted by Gasteiger charge is -2.31. The van der Waals surface area contributed by atoms with Crippen LogP contribution in [0.25, 0.3) is 0 Å². The molecule has 2 aromatic rings. The molecule has 29 heavy (non-hydrogen) atoms. The molecular formula is C20H21N3O6. The van der Waals surface area contributed by atoms with E-state index in [9.17, 15) is 19.2 Å². The number of hydrogen-bond donors (Lipinski definition) is 2. The van der Waals surface area contributed by atoms with E-state index in [2.05, 4.69) is 5.32 Å². The first-order valence-corrected chi connectivity index (χ1v) is 9.13. The quantitative estimate of drug-likeness (QED) is 0.706. The SMILES string of the molecule is NC(=O)[C@H]1CCCN(C(=O)COC(=O)c2ccc(NC(=O)c3ccco3)cc2)C1. The molecule has 1 atom stereocenters. The number of esters is 1. The Hall–Kier alpha value is -3.62. The molecule has 1 aromatic heterocycles. The number of benzene rings is 1. The zero-order valence-corrected chi connectivity index (χ0v) is 15.6. The molecule has 0 bridgehead atoms. The van der Waals surface area contributed by atoms with Crippen molar-refractivity contribution in [1.82, 2.24) is 4.90 Å². The molecule has 3 amide bonds. The van der Waals surface area contributed by atoms with E-state index in [0.29, 0.717) is 25.1 Å². The first kappa shape index (κ1) is 20.1. The van der Waals surface area contributed by atoms with Crippen LogP contribution in [0.5, 0.6) is 0 Å². The minimum atomic E-state index is -0.661. The van der Waals surface area contributed by atoms with E-state index in [1.165, 1.54) is 29.4 Å². The molecule has 1 fully saturated rings. The van der Waals surface area contributed by atoms with Crippen LogP contribution in [0.1, 0.15) is 33.8 Å². The summed E-state index contributed by atoms with van der Waals surface area (Å²) in [6.45, 7) is 0.335. The number of furan rings is 1. The Bertz CT molecular complexity index is 891. The van der Waals surface area contributed by atoms with E-state index in [1.807, 2.05) is 0 Å². The van der Waals surface area contributed by atoms with Crippen LogP contribution in [0.3, 0.4) is 0 Å². The maximum absolute atomic E-state index is 12.2. The lowest BCUT2D eigenvalue weighted by molar-refractivity contribution is -0.137. The van der Waals surface area contributed by atoms with Gasteiger partial charge in [-0.2, -0.15) is 0 Å². The summed E-state index contributed by atoms with van der Waals surface area (Å²) in [5.41, 5.74) is 6.02. The number of carbonyl (C=O) groups is 4. The number of amides is 3. The first-order chi connectivity index (χ1) is 13.9. The second kappa shape index (κ2) is 9.05. The number of nitrogens with two attached hydrogens (primary N) is 1. The van der Waals surface area contributed by atoms with Crippen molar-refractivity contribution in [3.8, 4) is 0 Å². The van der Waals surface area contributed by atoms with Crippen molar-refractivity contribution in [2.45, 2.75) is 12.8 Å². The summed E-state index contributed by atoms with van der Waals surface area (Å²) >= 11 is 0. The molecule has 0 unspecified atom stereocenters. The number of piperidine rings is 1. The molecule has 1 aliphatic heterocycles. The van der Waals surface area contributed by atoms with Gasteiger partial charge in [0.1, 0.15) is 0 Å². The van der Waals surface area contributed by atoms with Crippen molar-refractivity contribution in [3.63, 3.8) is 0 Å².